The molecule has 0 radical (unpaired) electrons. The number of carbonyl (C=O) groups excluding carboxylic acids is 1. The molecule has 0 aliphatic carbocycles. The van der Waals surface area contributed by atoms with E-state index < -0.39 is 5.44 Å². The molecule has 1 amide bonds. The Labute approximate surface area is 211 Å². The third-order valence-corrected chi connectivity index (χ3v) is 7.88. The number of hydrogen-bond acceptors (Lipinski definition) is 5. The molecule has 7 nitrogen and oxygen atoms in total. The van der Waals surface area contributed by atoms with Crippen LogP contribution in [0.2, 0.25) is 5.11 Å². The average Bonchev–Trinajstić information content (AvgIpc) is 3.45. The van der Waals surface area contributed by atoms with Crippen molar-refractivity contribution >= 4 is 37.3 Å². The van der Waals surface area contributed by atoms with Gasteiger partial charge in [0.2, 0.25) is 5.88 Å². The van der Waals surface area contributed by atoms with Crippen LogP contribution in [0.4, 0.5) is 0 Å². The smallest absolute Gasteiger partial charge is 0.256 e. The first-order valence-corrected chi connectivity index (χ1v) is 12.5. The maximum atomic E-state index is 14.5. The highest BCUT2D eigenvalue weighted by molar-refractivity contribution is 6.62. The third kappa shape index (κ3) is 4.53. The lowest BCUT2D eigenvalue weighted by molar-refractivity contribution is 0.0372. The van der Waals surface area contributed by atoms with Gasteiger partial charge in [0.15, 0.2) is 0 Å². The number of rotatable bonds is 7. The standard InChI is InChI=1S/C24H33B4N5O2/c1-4-20(35-21-10-9-15(2)14-29-21)19-13-16(3)23(25,24(26,27)28)32(19)22(34)17-7-5-6-8-18(17)33-30-11-12-31-33/h5-12,14,16,19-20H,4,13,25-28H2,1-3H3. The number of carbonyl (C=O) groups is 1. The predicted octanol–water partition coefficient (Wildman–Crippen LogP) is -0.0187. The summed E-state index contributed by atoms with van der Waals surface area (Å²) in [6.07, 6.45) is 6.49. The molecule has 178 valence electrons. The molecule has 0 spiro atoms. The number of aromatic nitrogens is 4. The zero-order chi connectivity index (χ0) is 25.4. The molecule has 3 aromatic rings. The fraction of sp³-hybridized carbons (Fsp3) is 0.417. The molecule has 0 saturated carbocycles. The van der Waals surface area contributed by atoms with E-state index in [4.69, 9.17) is 4.74 Å². The molecule has 2 aromatic heterocycles. The van der Waals surface area contributed by atoms with Crippen molar-refractivity contribution in [2.75, 3.05) is 0 Å². The van der Waals surface area contributed by atoms with Crippen LogP contribution in [0.15, 0.2) is 55.0 Å². The number of benzene rings is 1. The summed E-state index contributed by atoms with van der Waals surface area (Å²) in [4.78, 5) is 22.6. The van der Waals surface area contributed by atoms with Crippen molar-refractivity contribution in [2.45, 2.75) is 56.3 Å². The molecule has 4 atom stereocenters. The fourth-order valence-corrected chi connectivity index (χ4v) is 5.47. The van der Waals surface area contributed by atoms with E-state index in [0.717, 1.165) is 18.4 Å². The Morgan fingerprint density at radius 1 is 1.20 bits per heavy atom. The van der Waals surface area contributed by atoms with Crippen molar-refractivity contribution in [3.63, 3.8) is 0 Å². The minimum absolute atomic E-state index is 0.0245. The van der Waals surface area contributed by atoms with Crippen LogP contribution in [0, 0.1) is 12.8 Å². The number of amides is 1. The van der Waals surface area contributed by atoms with Crippen molar-refractivity contribution in [1.29, 1.82) is 0 Å². The Morgan fingerprint density at radius 2 is 1.89 bits per heavy atom. The SMILES string of the molecule is BC(B)(B)C1(B)C(C)CC(C(CC)Oc2ccc(C)cn2)N1C(=O)c1ccccc1-n1nccn1. The summed E-state index contributed by atoms with van der Waals surface area (Å²) in [6.45, 7) is 6.37. The van der Waals surface area contributed by atoms with Crippen LogP contribution in [0.25, 0.3) is 5.69 Å². The lowest BCUT2D eigenvalue weighted by Crippen LogP contribution is -2.63. The van der Waals surface area contributed by atoms with Gasteiger partial charge in [-0.15, -0.1) is 0 Å². The first-order valence-electron chi connectivity index (χ1n) is 12.5. The Balaban J connectivity index is 1.79. The van der Waals surface area contributed by atoms with Crippen molar-refractivity contribution in [1.82, 2.24) is 24.9 Å². The molecule has 1 fully saturated rings. The van der Waals surface area contributed by atoms with Gasteiger partial charge in [0.1, 0.15) is 14.0 Å². The van der Waals surface area contributed by atoms with Crippen LogP contribution in [0.5, 0.6) is 5.88 Å². The molecular weight excluding hydrogens is 434 g/mol. The zero-order valence-corrected chi connectivity index (χ0v) is 21.9. The lowest BCUT2D eigenvalue weighted by atomic mass is 9.29. The van der Waals surface area contributed by atoms with Crippen molar-refractivity contribution in [3.05, 3.63) is 66.1 Å². The van der Waals surface area contributed by atoms with Gasteiger partial charge < -0.3 is 9.64 Å². The molecule has 1 aliphatic heterocycles. The van der Waals surface area contributed by atoms with Gasteiger partial charge in [-0.3, -0.25) is 4.79 Å². The first kappa shape index (κ1) is 25.1. The maximum Gasteiger partial charge on any atom is 0.256 e. The monoisotopic (exact) mass is 467 g/mol. The summed E-state index contributed by atoms with van der Waals surface area (Å²) in [5.41, 5.74) is 1.95. The van der Waals surface area contributed by atoms with Gasteiger partial charge in [-0.05, 0) is 48.8 Å². The van der Waals surface area contributed by atoms with E-state index >= 15 is 0 Å². The van der Waals surface area contributed by atoms with Gasteiger partial charge in [-0.1, -0.05) is 37.2 Å². The van der Waals surface area contributed by atoms with Gasteiger partial charge in [-0.25, -0.2) is 4.98 Å². The summed E-state index contributed by atoms with van der Waals surface area (Å²) >= 11 is 0. The van der Waals surface area contributed by atoms with Crippen LogP contribution >= 0.6 is 0 Å². The molecule has 4 rings (SSSR count). The van der Waals surface area contributed by atoms with Crippen LogP contribution in [-0.4, -0.2) is 79.8 Å². The minimum Gasteiger partial charge on any atom is -0.472 e. The number of likely N-dealkylation sites (tertiary alicyclic amines) is 1. The maximum absolute atomic E-state index is 14.5. The second kappa shape index (κ2) is 9.59. The highest BCUT2D eigenvalue weighted by Crippen LogP contribution is 2.49. The van der Waals surface area contributed by atoms with Crippen LogP contribution in [0.1, 0.15) is 42.6 Å². The lowest BCUT2D eigenvalue weighted by Gasteiger charge is -2.51. The Bertz CT molecular complexity index is 1170. The van der Waals surface area contributed by atoms with Crippen LogP contribution in [-0.2, 0) is 0 Å². The van der Waals surface area contributed by atoms with E-state index in [9.17, 15) is 4.79 Å². The van der Waals surface area contributed by atoms with E-state index in [1.807, 2.05) is 49.5 Å². The zero-order valence-electron chi connectivity index (χ0n) is 21.9. The summed E-state index contributed by atoms with van der Waals surface area (Å²) in [7, 11) is 8.88. The van der Waals surface area contributed by atoms with E-state index in [-0.39, 0.29) is 29.1 Å². The van der Waals surface area contributed by atoms with E-state index in [1.165, 1.54) is 4.80 Å². The third-order valence-electron chi connectivity index (χ3n) is 7.88. The highest BCUT2D eigenvalue weighted by Gasteiger charge is 2.57. The second-order valence-corrected chi connectivity index (χ2v) is 10.9. The number of nitrogens with zero attached hydrogens (tertiary/aromatic N) is 5. The van der Waals surface area contributed by atoms with Gasteiger partial charge >= 0.3 is 0 Å². The van der Waals surface area contributed by atoms with Gasteiger partial charge in [-0.2, -0.15) is 15.0 Å². The molecule has 35 heavy (non-hydrogen) atoms. The number of hydrogen-bond donors (Lipinski definition) is 0. The first-order chi connectivity index (χ1) is 16.6. The molecular formula is C24H33B4N5O2. The molecule has 3 heterocycles. The number of pyridine rings is 1. The van der Waals surface area contributed by atoms with Crippen molar-refractivity contribution in [3.8, 4) is 11.6 Å². The van der Waals surface area contributed by atoms with Crippen molar-refractivity contribution < 1.29 is 9.53 Å². The van der Waals surface area contributed by atoms with E-state index in [1.54, 1.807) is 12.4 Å². The van der Waals surface area contributed by atoms with E-state index in [2.05, 4.69) is 65.3 Å². The molecule has 1 aromatic carbocycles. The van der Waals surface area contributed by atoms with Gasteiger partial charge in [0.05, 0.1) is 53.2 Å². The largest absolute Gasteiger partial charge is 0.472 e. The van der Waals surface area contributed by atoms with E-state index in [0.29, 0.717) is 17.1 Å². The summed E-state index contributed by atoms with van der Waals surface area (Å²) in [6, 6.07) is 11.4. The minimum atomic E-state index is -0.392. The molecule has 0 bridgehead atoms. The van der Waals surface area contributed by atoms with Crippen molar-refractivity contribution in [2.24, 2.45) is 5.92 Å². The van der Waals surface area contributed by atoms with Gasteiger partial charge in [0.25, 0.3) is 5.91 Å². The molecule has 1 saturated heterocycles. The number of para-hydroxylation sites is 1. The highest BCUT2D eigenvalue weighted by atomic mass is 16.5. The summed E-state index contributed by atoms with van der Waals surface area (Å²) in [5, 5.41) is 8.43. The molecule has 4 unspecified atom stereocenters. The summed E-state index contributed by atoms with van der Waals surface area (Å²) < 4.78 is 6.44. The molecule has 1 aliphatic rings. The van der Waals surface area contributed by atoms with Gasteiger partial charge in [0, 0.05) is 12.3 Å². The number of aryl methyl sites for hydroxylation is 1. The van der Waals surface area contributed by atoms with Crippen LogP contribution < -0.4 is 4.74 Å². The quantitative estimate of drug-likeness (QED) is 0.458. The molecule has 11 heteroatoms. The van der Waals surface area contributed by atoms with Crippen LogP contribution in [0.3, 0.4) is 0 Å². The summed E-state index contributed by atoms with van der Waals surface area (Å²) in [5.74, 6) is 0.840. The Kier molecular flexibility index (Phi) is 6.89. The fourth-order valence-electron chi connectivity index (χ4n) is 5.47. The molecule has 0 N–H and O–H groups in total. The average molecular weight is 467 g/mol. The topological polar surface area (TPSA) is 73.1 Å². The second-order valence-electron chi connectivity index (χ2n) is 10.9. The number of ether oxygens (including phenoxy) is 1. The Hall–Kier alpha value is -2.96. The normalized spacial score (nSPS) is 23.2. The predicted molar refractivity (Wildman–Crippen MR) is 148 cm³/mol. The Morgan fingerprint density at radius 3 is 2.49 bits per heavy atom.